The van der Waals surface area contributed by atoms with Crippen molar-refractivity contribution in [3.63, 3.8) is 0 Å². The minimum atomic E-state index is -4.62. The first-order valence-corrected chi connectivity index (χ1v) is 4.41. The predicted octanol–water partition coefficient (Wildman–Crippen LogP) is 3.09. The summed E-state index contributed by atoms with van der Waals surface area (Å²) in [5, 5.41) is 8.77. The summed E-state index contributed by atoms with van der Waals surface area (Å²) in [5.74, 6) is -0.757. The number of hydrogen-bond acceptors (Lipinski definition) is 2. The maximum Gasteiger partial charge on any atom is 0.417 e. The quantitative estimate of drug-likeness (QED) is 0.691. The van der Waals surface area contributed by atoms with E-state index in [-0.39, 0.29) is 5.56 Å². The molecule has 0 heterocycles. The Morgan fingerprint density at radius 2 is 1.94 bits per heavy atom. The second-order valence-electron chi connectivity index (χ2n) is 3.35. The van der Waals surface area contributed by atoms with Gasteiger partial charge >= 0.3 is 6.18 Å². The second kappa shape index (κ2) is 3.97. The van der Waals surface area contributed by atoms with Gasteiger partial charge in [-0.3, -0.25) is 4.79 Å². The summed E-state index contributed by atoms with van der Waals surface area (Å²) in [6.07, 6.45) is -4.62. The molecule has 0 saturated heterocycles. The smallest absolute Gasteiger partial charge is 0.294 e. The zero-order valence-corrected chi connectivity index (χ0v) is 8.64. The molecule has 0 aliphatic rings. The minimum Gasteiger partial charge on any atom is -0.294 e. The van der Waals surface area contributed by atoms with Crippen molar-refractivity contribution < 1.29 is 18.0 Å². The molecular formula is C11H8F3NO. The van der Waals surface area contributed by atoms with Crippen molar-refractivity contribution in [3.05, 3.63) is 34.4 Å². The van der Waals surface area contributed by atoms with Crippen LogP contribution in [0.3, 0.4) is 0 Å². The zero-order valence-electron chi connectivity index (χ0n) is 8.64. The predicted molar refractivity (Wildman–Crippen MR) is 50.9 cm³/mol. The molecule has 84 valence electrons. The van der Waals surface area contributed by atoms with Crippen molar-refractivity contribution in [3.8, 4) is 6.07 Å². The fourth-order valence-corrected chi connectivity index (χ4v) is 1.45. The van der Waals surface area contributed by atoms with Gasteiger partial charge in [-0.25, -0.2) is 0 Å². The summed E-state index contributed by atoms with van der Waals surface area (Å²) in [6, 6.07) is 3.65. The van der Waals surface area contributed by atoms with Gasteiger partial charge < -0.3 is 0 Å². The van der Waals surface area contributed by atoms with Crippen LogP contribution in [-0.2, 0) is 6.18 Å². The molecule has 0 unspecified atom stereocenters. The van der Waals surface area contributed by atoms with Crippen molar-refractivity contribution in [2.45, 2.75) is 20.0 Å². The van der Waals surface area contributed by atoms with Crippen LogP contribution in [0, 0.1) is 18.3 Å². The van der Waals surface area contributed by atoms with Crippen LogP contribution < -0.4 is 0 Å². The first kappa shape index (κ1) is 12.2. The Balaban J connectivity index is 3.67. The third-order valence-corrected chi connectivity index (χ3v) is 2.18. The van der Waals surface area contributed by atoms with Crippen molar-refractivity contribution in [2.75, 3.05) is 0 Å². The van der Waals surface area contributed by atoms with E-state index in [9.17, 15) is 18.0 Å². The fraction of sp³-hybridized carbons (Fsp3) is 0.273. The number of benzene rings is 1. The summed E-state index contributed by atoms with van der Waals surface area (Å²) in [4.78, 5) is 11.2. The number of rotatable bonds is 1. The largest absolute Gasteiger partial charge is 0.417 e. The van der Waals surface area contributed by atoms with Gasteiger partial charge in [0.1, 0.15) is 6.07 Å². The number of alkyl halides is 3. The zero-order chi connectivity index (χ0) is 12.5. The molecule has 0 atom stereocenters. The average molecular weight is 227 g/mol. The van der Waals surface area contributed by atoms with E-state index < -0.39 is 23.1 Å². The van der Waals surface area contributed by atoms with Crippen LogP contribution in [-0.4, -0.2) is 5.78 Å². The fourth-order valence-electron chi connectivity index (χ4n) is 1.45. The number of aryl methyl sites for hydroxylation is 1. The van der Waals surface area contributed by atoms with E-state index in [1.54, 1.807) is 6.07 Å². The van der Waals surface area contributed by atoms with Gasteiger partial charge in [0.05, 0.1) is 11.1 Å². The van der Waals surface area contributed by atoms with Gasteiger partial charge in [-0.2, -0.15) is 18.4 Å². The Bertz CT molecular complexity index is 483. The van der Waals surface area contributed by atoms with Gasteiger partial charge in [0.25, 0.3) is 0 Å². The summed E-state index contributed by atoms with van der Waals surface area (Å²) in [7, 11) is 0. The molecule has 1 aromatic carbocycles. The number of nitriles is 1. The number of nitrogens with zero attached hydrogens (tertiary/aromatic N) is 1. The maximum absolute atomic E-state index is 12.6. The molecule has 0 amide bonds. The number of halogens is 3. The minimum absolute atomic E-state index is 0.206. The van der Waals surface area contributed by atoms with Gasteiger partial charge in [-0.05, 0) is 25.5 Å². The van der Waals surface area contributed by atoms with Crippen molar-refractivity contribution in [1.29, 1.82) is 5.26 Å². The third kappa shape index (κ3) is 2.06. The molecule has 0 fully saturated rings. The van der Waals surface area contributed by atoms with Crippen LogP contribution >= 0.6 is 0 Å². The molecule has 2 nitrogen and oxygen atoms in total. The highest BCUT2D eigenvalue weighted by molar-refractivity contribution is 5.98. The van der Waals surface area contributed by atoms with Crippen molar-refractivity contribution in [1.82, 2.24) is 0 Å². The lowest BCUT2D eigenvalue weighted by Gasteiger charge is -2.13. The first-order valence-electron chi connectivity index (χ1n) is 4.41. The van der Waals surface area contributed by atoms with E-state index in [1.165, 1.54) is 13.0 Å². The van der Waals surface area contributed by atoms with Crippen molar-refractivity contribution >= 4 is 5.78 Å². The van der Waals surface area contributed by atoms with E-state index in [0.29, 0.717) is 5.56 Å². The molecule has 1 aromatic rings. The van der Waals surface area contributed by atoms with Crippen LogP contribution in [0.5, 0.6) is 0 Å². The van der Waals surface area contributed by atoms with Crippen LogP contribution in [0.1, 0.15) is 34.0 Å². The lowest BCUT2D eigenvalue weighted by molar-refractivity contribution is -0.137. The van der Waals surface area contributed by atoms with E-state index in [4.69, 9.17) is 5.26 Å². The molecular weight excluding hydrogens is 219 g/mol. The normalized spacial score (nSPS) is 11.0. The lowest BCUT2D eigenvalue weighted by Crippen LogP contribution is -2.14. The number of hydrogen-bond donors (Lipinski definition) is 0. The van der Waals surface area contributed by atoms with Crippen LogP contribution in [0.15, 0.2) is 12.1 Å². The van der Waals surface area contributed by atoms with Crippen LogP contribution in [0.25, 0.3) is 0 Å². The lowest BCUT2D eigenvalue weighted by atomic mass is 9.94. The molecule has 0 bridgehead atoms. The first-order chi connectivity index (χ1) is 7.29. The summed E-state index contributed by atoms with van der Waals surface area (Å²) in [6.45, 7) is 2.51. The standard InChI is InChI=1S/C11H8F3NO/c1-6-3-4-9(11(12,13)14)10(7(2)16)8(6)5-15/h3-4H,1-2H3. The molecule has 0 aliphatic heterocycles. The van der Waals surface area contributed by atoms with Gasteiger partial charge in [0, 0.05) is 5.56 Å². The average Bonchev–Trinajstić information content (AvgIpc) is 2.14. The number of Topliss-reactive ketones (excluding diaryl/α,β-unsaturated/α-hetero) is 1. The van der Waals surface area contributed by atoms with Gasteiger partial charge in [-0.15, -0.1) is 0 Å². The Kier molecular flexibility index (Phi) is 3.04. The topological polar surface area (TPSA) is 40.9 Å². The number of ketones is 1. The van der Waals surface area contributed by atoms with Crippen LogP contribution in [0.4, 0.5) is 13.2 Å². The van der Waals surface area contributed by atoms with Crippen molar-refractivity contribution in [2.24, 2.45) is 0 Å². The maximum atomic E-state index is 12.6. The highest BCUT2D eigenvalue weighted by Gasteiger charge is 2.36. The highest BCUT2D eigenvalue weighted by Crippen LogP contribution is 2.34. The number of carbonyl (C=O) groups is 1. The molecule has 1 rings (SSSR count). The summed E-state index contributed by atoms with van der Waals surface area (Å²) in [5.41, 5.74) is -1.44. The van der Waals surface area contributed by atoms with E-state index >= 15 is 0 Å². The molecule has 0 spiro atoms. The Labute approximate surface area is 90.3 Å². The van der Waals surface area contributed by atoms with E-state index in [2.05, 4.69) is 0 Å². The molecule has 0 N–H and O–H groups in total. The molecule has 0 radical (unpaired) electrons. The van der Waals surface area contributed by atoms with E-state index in [1.807, 2.05) is 0 Å². The SMILES string of the molecule is CC(=O)c1c(C(F)(F)F)ccc(C)c1C#N. The van der Waals surface area contributed by atoms with E-state index in [0.717, 1.165) is 13.0 Å². The Hall–Kier alpha value is -1.83. The Morgan fingerprint density at radius 3 is 2.31 bits per heavy atom. The number of carbonyl (C=O) groups excluding carboxylic acids is 1. The monoisotopic (exact) mass is 227 g/mol. The van der Waals surface area contributed by atoms with Gasteiger partial charge in [0.2, 0.25) is 0 Å². The summed E-state index contributed by atoms with van der Waals surface area (Å²) < 4.78 is 37.8. The third-order valence-electron chi connectivity index (χ3n) is 2.18. The molecule has 0 aliphatic carbocycles. The molecule has 16 heavy (non-hydrogen) atoms. The molecule has 0 aromatic heterocycles. The second-order valence-corrected chi connectivity index (χ2v) is 3.35. The molecule has 0 saturated carbocycles. The van der Waals surface area contributed by atoms with Gasteiger partial charge in [-0.1, -0.05) is 6.07 Å². The highest BCUT2D eigenvalue weighted by atomic mass is 19.4. The van der Waals surface area contributed by atoms with Crippen LogP contribution in [0.2, 0.25) is 0 Å². The Morgan fingerprint density at radius 1 is 1.38 bits per heavy atom. The molecule has 5 heteroatoms. The summed E-state index contributed by atoms with van der Waals surface area (Å²) >= 11 is 0. The van der Waals surface area contributed by atoms with Gasteiger partial charge in [0.15, 0.2) is 5.78 Å².